The Morgan fingerprint density at radius 3 is 2.11 bits per heavy atom. The SMILES string of the molecule is O=C1CCC(=O)N1c1ccc(S(=O)(=O)NCCCc2ccc(F)cc2)cc1. The number of carbonyl (C=O) groups is 2. The second kappa shape index (κ2) is 7.98. The number of hydrogen-bond acceptors (Lipinski definition) is 4. The lowest BCUT2D eigenvalue weighted by molar-refractivity contribution is -0.121. The molecule has 1 N–H and O–H groups in total. The zero-order valence-corrected chi connectivity index (χ0v) is 15.3. The summed E-state index contributed by atoms with van der Waals surface area (Å²) in [6.07, 6.45) is 1.55. The van der Waals surface area contributed by atoms with Gasteiger partial charge in [0, 0.05) is 19.4 Å². The number of benzene rings is 2. The van der Waals surface area contributed by atoms with E-state index in [-0.39, 0.29) is 41.9 Å². The molecule has 0 atom stereocenters. The number of nitrogens with zero attached hydrogens (tertiary/aromatic N) is 1. The highest BCUT2D eigenvalue weighted by Gasteiger charge is 2.30. The van der Waals surface area contributed by atoms with E-state index < -0.39 is 10.0 Å². The molecule has 2 amide bonds. The predicted octanol–water partition coefficient (Wildman–Crippen LogP) is 2.39. The zero-order valence-electron chi connectivity index (χ0n) is 14.5. The molecule has 0 radical (unpaired) electrons. The molecule has 1 saturated heterocycles. The van der Waals surface area contributed by atoms with E-state index in [4.69, 9.17) is 0 Å². The summed E-state index contributed by atoms with van der Waals surface area (Å²) >= 11 is 0. The van der Waals surface area contributed by atoms with Crippen LogP contribution >= 0.6 is 0 Å². The van der Waals surface area contributed by atoms with Crippen LogP contribution in [0.4, 0.5) is 10.1 Å². The van der Waals surface area contributed by atoms with Crippen LogP contribution in [-0.2, 0) is 26.0 Å². The third kappa shape index (κ3) is 4.58. The molecule has 0 unspecified atom stereocenters. The van der Waals surface area contributed by atoms with Gasteiger partial charge in [-0.05, 0) is 54.8 Å². The van der Waals surface area contributed by atoms with E-state index in [0.29, 0.717) is 18.5 Å². The summed E-state index contributed by atoms with van der Waals surface area (Å²) in [5.74, 6) is -0.871. The summed E-state index contributed by atoms with van der Waals surface area (Å²) in [5, 5.41) is 0. The third-order valence-corrected chi connectivity index (χ3v) is 5.78. The summed E-state index contributed by atoms with van der Waals surface area (Å²) in [5.41, 5.74) is 1.30. The van der Waals surface area contributed by atoms with Crippen molar-refractivity contribution in [3.8, 4) is 0 Å². The summed E-state index contributed by atoms with van der Waals surface area (Å²) in [6, 6.07) is 11.7. The predicted molar refractivity (Wildman–Crippen MR) is 98.1 cm³/mol. The molecule has 0 saturated carbocycles. The molecule has 0 bridgehead atoms. The minimum atomic E-state index is -3.69. The summed E-state index contributed by atoms with van der Waals surface area (Å²) in [4.78, 5) is 24.6. The first-order valence-corrected chi connectivity index (χ1v) is 10.0. The van der Waals surface area contributed by atoms with Crippen LogP contribution in [0, 0.1) is 5.82 Å². The van der Waals surface area contributed by atoms with Gasteiger partial charge in [-0.15, -0.1) is 0 Å². The standard InChI is InChI=1S/C19H19FN2O4S/c20-15-5-3-14(4-6-15)2-1-13-21-27(25,26)17-9-7-16(8-10-17)22-18(23)11-12-19(22)24/h3-10,21H,1-2,11-13H2. The van der Waals surface area contributed by atoms with Crippen molar-refractivity contribution >= 4 is 27.5 Å². The molecule has 2 aromatic carbocycles. The average Bonchev–Trinajstić information content (AvgIpc) is 2.99. The van der Waals surface area contributed by atoms with Gasteiger partial charge >= 0.3 is 0 Å². The van der Waals surface area contributed by atoms with Crippen LogP contribution in [0.1, 0.15) is 24.8 Å². The van der Waals surface area contributed by atoms with Gasteiger partial charge in [0.25, 0.3) is 0 Å². The highest BCUT2D eigenvalue weighted by molar-refractivity contribution is 7.89. The van der Waals surface area contributed by atoms with Gasteiger partial charge in [-0.25, -0.2) is 17.5 Å². The monoisotopic (exact) mass is 390 g/mol. The maximum Gasteiger partial charge on any atom is 0.240 e. The first-order valence-electron chi connectivity index (χ1n) is 8.57. The van der Waals surface area contributed by atoms with Crippen LogP contribution in [-0.4, -0.2) is 26.8 Å². The molecule has 3 rings (SSSR count). The van der Waals surface area contributed by atoms with Gasteiger partial charge in [-0.2, -0.15) is 0 Å². The smallest absolute Gasteiger partial charge is 0.240 e. The number of anilines is 1. The van der Waals surface area contributed by atoms with Gasteiger partial charge in [0.1, 0.15) is 5.82 Å². The fourth-order valence-corrected chi connectivity index (χ4v) is 3.95. The number of amides is 2. The lowest BCUT2D eigenvalue weighted by atomic mass is 10.1. The number of carbonyl (C=O) groups excluding carboxylic acids is 2. The average molecular weight is 390 g/mol. The second-order valence-corrected chi connectivity index (χ2v) is 8.01. The van der Waals surface area contributed by atoms with Crippen molar-refractivity contribution in [3.05, 3.63) is 59.9 Å². The van der Waals surface area contributed by atoms with E-state index >= 15 is 0 Å². The van der Waals surface area contributed by atoms with E-state index in [1.54, 1.807) is 12.1 Å². The molecule has 0 aromatic heterocycles. The number of sulfonamides is 1. The fraction of sp³-hybridized carbons (Fsp3) is 0.263. The number of nitrogens with one attached hydrogen (secondary N) is 1. The molecular weight excluding hydrogens is 371 g/mol. The number of imide groups is 1. The summed E-state index contributed by atoms with van der Waals surface area (Å²) in [7, 11) is -3.69. The Bertz CT molecular complexity index is 925. The normalized spacial score (nSPS) is 14.8. The molecule has 1 aliphatic rings. The van der Waals surface area contributed by atoms with Crippen LogP contribution in [0.25, 0.3) is 0 Å². The Morgan fingerprint density at radius 2 is 1.52 bits per heavy atom. The van der Waals surface area contributed by atoms with Crippen LogP contribution in [0.5, 0.6) is 0 Å². The van der Waals surface area contributed by atoms with Crippen LogP contribution in [0.3, 0.4) is 0 Å². The highest BCUT2D eigenvalue weighted by Crippen LogP contribution is 2.23. The summed E-state index contributed by atoms with van der Waals surface area (Å²) in [6.45, 7) is 0.241. The topological polar surface area (TPSA) is 83.6 Å². The Kier molecular flexibility index (Phi) is 5.67. The fourth-order valence-electron chi connectivity index (χ4n) is 2.87. The van der Waals surface area contributed by atoms with Gasteiger partial charge in [-0.1, -0.05) is 12.1 Å². The lowest BCUT2D eigenvalue weighted by Gasteiger charge is -2.14. The Hall–Kier alpha value is -2.58. The molecule has 0 aliphatic carbocycles. The lowest BCUT2D eigenvalue weighted by Crippen LogP contribution is -2.29. The van der Waals surface area contributed by atoms with Gasteiger partial charge < -0.3 is 0 Å². The molecule has 27 heavy (non-hydrogen) atoms. The highest BCUT2D eigenvalue weighted by atomic mass is 32.2. The molecule has 1 fully saturated rings. The first-order chi connectivity index (χ1) is 12.9. The van der Waals surface area contributed by atoms with Crippen molar-refractivity contribution in [2.75, 3.05) is 11.4 Å². The van der Waals surface area contributed by atoms with Crippen molar-refractivity contribution in [2.45, 2.75) is 30.6 Å². The van der Waals surface area contributed by atoms with Crippen molar-refractivity contribution in [1.29, 1.82) is 0 Å². The number of aryl methyl sites for hydroxylation is 1. The van der Waals surface area contributed by atoms with Crippen molar-refractivity contribution in [2.24, 2.45) is 0 Å². The number of rotatable bonds is 7. The van der Waals surface area contributed by atoms with Gasteiger partial charge in [-0.3, -0.25) is 14.5 Å². The molecular formula is C19H19FN2O4S. The van der Waals surface area contributed by atoms with E-state index in [1.807, 2.05) is 0 Å². The van der Waals surface area contributed by atoms with E-state index in [0.717, 1.165) is 10.5 Å². The maximum absolute atomic E-state index is 12.9. The summed E-state index contributed by atoms with van der Waals surface area (Å²) < 4.78 is 40.1. The van der Waals surface area contributed by atoms with Gasteiger partial charge in [0.15, 0.2) is 0 Å². The van der Waals surface area contributed by atoms with E-state index in [9.17, 15) is 22.4 Å². The van der Waals surface area contributed by atoms with Crippen molar-refractivity contribution < 1.29 is 22.4 Å². The van der Waals surface area contributed by atoms with Crippen LogP contribution < -0.4 is 9.62 Å². The largest absolute Gasteiger partial charge is 0.274 e. The van der Waals surface area contributed by atoms with Gasteiger partial charge in [0.2, 0.25) is 21.8 Å². The Balaban J connectivity index is 1.57. The molecule has 1 aliphatic heterocycles. The third-order valence-electron chi connectivity index (χ3n) is 4.30. The van der Waals surface area contributed by atoms with Crippen LogP contribution in [0.2, 0.25) is 0 Å². The molecule has 6 nitrogen and oxygen atoms in total. The molecule has 0 spiro atoms. The molecule has 142 valence electrons. The van der Waals surface area contributed by atoms with E-state index in [2.05, 4.69) is 4.72 Å². The maximum atomic E-state index is 12.9. The molecule has 2 aromatic rings. The quantitative estimate of drug-likeness (QED) is 0.581. The zero-order chi connectivity index (χ0) is 19.4. The minimum absolute atomic E-state index is 0.0622. The van der Waals surface area contributed by atoms with Crippen molar-refractivity contribution in [3.63, 3.8) is 0 Å². The first kappa shape index (κ1) is 19.2. The van der Waals surface area contributed by atoms with Gasteiger partial charge in [0.05, 0.1) is 10.6 Å². The molecule has 1 heterocycles. The number of hydrogen-bond donors (Lipinski definition) is 1. The van der Waals surface area contributed by atoms with E-state index in [1.165, 1.54) is 36.4 Å². The minimum Gasteiger partial charge on any atom is -0.274 e. The number of halogens is 1. The van der Waals surface area contributed by atoms with Crippen LogP contribution in [0.15, 0.2) is 53.4 Å². The Morgan fingerprint density at radius 1 is 0.926 bits per heavy atom. The Labute approximate surface area is 157 Å². The molecule has 8 heteroatoms. The van der Waals surface area contributed by atoms with Crippen molar-refractivity contribution in [1.82, 2.24) is 4.72 Å². The second-order valence-electron chi connectivity index (χ2n) is 6.24.